The van der Waals surface area contributed by atoms with E-state index in [0.29, 0.717) is 23.9 Å². The number of carbonyl (C=O) groups excluding carboxylic acids is 1. The molecule has 0 radical (unpaired) electrons. The van der Waals surface area contributed by atoms with E-state index < -0.39 is 0 Å². The maximum Gasteiger partial charge on any atom is 0.225 e. The van der Waals surface area contributed by atoms with E-state index in [2.05, 4.69) is 37.5 Å². The minimum Gasteiger partial charge on any atom is -0.341 e. The van der Waals surface area contributed by atoms with Crippen molar-refractivity contribution in [3.8, 4) is 0 Å². The van der Waals surface area contributed by atoms with Crippen LogP contribution >= 0.6 is 0 Å². The summed E-state index contributed by atoms with van der Waals surface area (Å²) in [7, 11) is 0. The number of amides is 1. The molecule has 2 aliphatic heterocycles. The molecule has 3 fully saturated rings. The summed E-state index contributed by atoms with van der Waals surface area (Å²) in [4.78, 5) is 17.5. The molecule has 114 valence electrons. The van der Waals surface area contributed by atoms with Gasteiger partial charge in [0.1, 0.15) is 0 Å². The van der Waals surface area contributed by atoms with Crippen LogP contribution in [0, 0.1) is 23.7 Å². The van der Waals surface area contributed by atoms with Crippen molar-refractivity contribution in [1.82, 2.24) is 9.80 Å². The highest BCUT2D eigenvalue weighted by Gasteiger charge is 2.45. The van der Waals surface area contributed by atoms with Crippen molar-refractivity contribution in [1.29, 1.82) is 0 Å². The third-order valence-corrected chi connectivity index (χ3v) is 6.11. The predicted octanol–water partition coefficient (Wildman–Crippen LogP) is 2.61. The fourth-order valence-corrected chi connectivity index (χ4v) is 4.36. The summed E-state index contributed by atoms with van der Waals surface area (Å²) in [6.07, 6.45) is 3.95. The SMILES string of the molecule is CC(C)N1CCC2CN(C(=O)[C@H](C)[C@@H](C)C3CC3)CC21. The van der Waals surface area contributed by atoms with Crippen LogP contribution in [0.4, 0.5) is 0 Å². The van der Waals surface area contributed by atoms with Gasteiger partial charge >= 0.3 is 0 Å². The zero-order valence-electron chi connectivity index (χ0n) is 13.5. The average Bonchev–Trinajstić information content (AvgIpc) is 3.05. The van der Waals surface area contributed by atoms with Gasteiger partial charge < -0.3 is 4.90 Å². The first-order valence-electron chi connectivity index (χ1n) is 8.53. The van der Waals surface area contributed by atoms with Gasteiger partial charge in [-0.25, -0.2) is 0 Å². The lowest BCUT2D eigenvalue weighted by Gasteiger charge is -2.29. The minimum absolute atomic E-state index is 0.217. The van der Waals surface area contributed by atoms with Crippen LogP contribution in [-0.2, 0) is 4.79 Å². The Morgan fingerprint density at radius 3 is 2.35 bits per heavy atom. The van der Waals surface area contributed by atoms with E-state index >= 15 is 0 Å². The molecule has 3 aliphatic rings. The van der Waals surface area contributed by atoms with Gasteiger partial charge in [-0.1, -0.05) is 13.8 Å². The summed E-state index contributed by atoms with van der Waals surface area (Å²) >= 11 is 0. The predicted molar refractivity (Wildman–Crippen MR) is 81.4 cm³/mol. The molecular weight excluding hydrogens is 248 g/mol. The van der Waals surface area contributed by atoms with Crippen molar-refractivity contribution in [3.63, 3.8) is 0 Å². The van der Waals surface area contributed by atoms with Crippen LogP contribution in [0.5, 0.6) is 0 Å². The Hall–Kier alpha value is -0.570. The van der Waals surface area contributed by atoms with Crippen molar-refractivity contribution in [2.24, 2.45) is 23.7 Å². The molecule has 1 aliphatic carbocycles. The second kappa shape index (κ2) is 5.32. The standard InChI is InChI=1S/C17H30N2O/c1-11(2)19-8-7-15-9-18(10-16(15)19)17(20)13(4)12(3)14-5-6-14/h11-16H,5-10H2,1-4H3/t12-,13-,15?,16?/m1/s1. The molecule has 2 saturated heterocycles. The van der Waals surface area contributed by atoms with E-state index in [1.807, 2.05) is 0 Å². The smallest absolute Gasteiger partial charge is 0.225 e. The molecule has 1 saturated carbocycles. The van der Waals surface area contributed by atoms with Gasteiger partial charge in [-0.3, -0.25) is 9.69 Å². The van der Waals surface area contributed by atoms with E-state index in [1.54, 1.807) is 0 Å². The van der Waals surface area contributed by atoms with Gasteiger partial charge in [-0.05, 0) is 57.4 Å². The number of carbonyl (C=O) groups is 1. The molecule has 3 heteroatoms. The second-order valence-electron chi connectivity index (χ2n) is 7.68. The quantitative estimate of drug-likeness (QED) is 0.789. The van der Waals surface area contributed by atoms with Crippen LogP contribution in [0.1, 0.15) is 47.0 Å². The minimum atomic E-state index is 0.217. The van der Waals surface area contributed by atoms with Gasteiger partial charge in [-0.2, -0.15) is 0 Å². The Balaban J connectivity index is 1.60. The summed E-state index contributed by atoms with van der Waals surface area (Å²) in [5, 5.41) is 0. The van der Waals surface area contributed by atoms with E-state index in [0.717, 1.165) is 24.9 Å². The van der Waals surface area contributed by atoms with Crippen LogP contribution < -0.4 is 0 Å². The molecule has 0 bridgehead atoms. The lowest BCUT2D eigenvalue weighted by molar-refractivity contribution is -0.136. The number of fused-ring (bicyclic) bond motifs is 1. The normalized spacial score (nSPS) is 33.5. The fraction of sp³-hybridized carbons (Fsp3) is 0.941. The summed E-state index contributed by atoms with van der Waals surface area (Å²) in [5.41, 5.74) is 0. The summed E-state index contributed by atoms with van der Waals surface area (Å²) < 4.78 is 0. The molecule has 4 atom stereocenters. The zero-order chi connectivity index (χ0) is 14.4. The lowest BCUT2D eigenvalue weighted by Crippen LogP contribution is -2.42. The van der Waals surface area contributed by atoms with Crippen LogP contribution in [0.3, 0.4) is 0 Å². The molecule has 3 nitrogen and oxygen atoms in total. The molecule has 0 aromatic rings. The number of hydrogen-bond acceptors (Lipinski definition) is 2. The first-order chi connectivity index (χ1) is 9.49. The van der Waals surface area contributed by atoms with Gasteiger partial charge in [0.05, 0.1) is 0 Å². The van der Waals surface area contributed by atoms with E-state index in [9.17, 15) is 4.79 Å². The highest BCUT2D eigenvalue weighted by molar-refractivity contribution is 5.79. The largest absolute Gasteiger partial charge is 0.341 e. The maximum atomic E-state index is 12.7. The van der Waals surface area contributed by atoms with Crippen molar-refractivity contribution in [2.75, 3.05) is 19.6 Å². The molecular formula is C17H30N2O. The number of likely N-dealkylation sites (tertiary alicyclic amines) is 2. The van der Waals surface area contributed by atoms with Gasteiger partial charge in [0, 0.05) is 31.1 Å². The Bertz CT molecular complexity index is 377. The van der Waals surface area contributed by atoms with Crippen LogP contribution in [-0.4, -0.2) is 47.4 Å². The molecule has 0 N–H and O–H groups in total. The van der Waals surface area contributed by atoms with Crippen LogP contribution in [0.15, 0.2) is 0 Å². The molecule has 20 heavy (non-hydrogen) atoms. The monoisotopic (exact) mass is 278 g/mol. The van der Waals surface area contributed by atoms with Gasteiger partial charge in [-0.15, -0.1) is 0 Å². The molecule has 2 heterocycles. The number of rotatable bonds is 4. The number of nitrogens with zero attached hydrogens (tertiary/aromatic N) is 2. The lowest BCUT2D eigenvalue weighted by atomic mass is 9.90. The van der Waals surface area contributed by atoms with Crippen molar-refractivity contribution >= 4 is 5.91 Å². The summed E-state index contributed by atoms with van der Waals surface area (Å²) in [6, 6.07) is 1.24. The fourth-order valence-electron chi connectivity index (χ4n) is 4.36. The molecule has 3 rings (SSSR count). The van der Waals surface area contributed by atoms with Crippen LogP contribution in [0.2, 0.25) is 0 Å². The average molecular weight is 278 g/mol. The molecule has 0 aromatic carbocycles. The molecule has 0 spiro atoms. The first-order valence-corrected chi connectivity index (χ1v) is 8.53. The topological polar surface area (TPSA) is 23.6 Å². The highest BCUT2D eigenvalue weighted by Crippen LogP contribution is 2.41. The zero-order valence-corrected chi connectivity index (χ0v) is 13.5. The summed E-state index contributed by atoms with van der Waals surface area (Å²) in [5.74, 6) is 2.76. The van der Waals surface area contributed by atoms with Crippen molar-refractivity contribution in [2.45, 2.75) is 59.0 Å². The Morgan fingerprint density at radius 2 is 1.75 bits per heavy atom. The third kappa shape index (κ3) is 2.49. The Morgan fingerprint density at radius 1 is 1.05 bits per heavy atom. The Kier molecular flexibility index (Phi) is 3.83. The van der Waals surface area contributed by atoms with Gasteiger partial charge in [0.2, 0.25) is 5.91 Å². The van der Waals surface area contributed by atoms with Gasteiger partial charge in [0.25, 0.3) is 0 Å². The molecule has 2 unspecified atom stereocenters. The number of hydrogen-bond donors (Lipinski definition) is 0. The second-order valence-corrected chi connectivity index (χ2v) is 7.68. The Labute approximate surface area is 123 Å². The summed E-state index contributed by atoms with van der Waals surface area (Å²) in [6.45, 7) is 12.2. The van der Waals surface area contributed by atoms with E-state index in [-0.39, 0.29) is 5.92 Å². The van der Waals surface area contributed by atoms with E-state index in [4.69, 9.17) is 0 Å². The van der Waals surface area contributed by atoms with Crippen molar-refractivity contribution < 1.29 is 4.79 Å². The van der Waals surface area contributed by atoms with Crippen LogP contribution in [0.25, 0.3) is 0 Å². The maximum absolute atomic E-state index is 12.7. The first kappa shape index (κ1) is 14.4. The molecule has 0 aromatic heterocycles. The van der Waals surface area contributed by atoms with Crippen molar-refractivity contribution in [3.05, 3.63) is 0 Å². The molecule has 1 amide bonds. The third-order valence-electron chi connectivity index (χ3n) is 6.11. The highest BCUT2D eigenvalue weighted by atomic mass is 16.2. The van der Waals surface area contributed by atoms with E-state index in [1.165, 1.54) is 25.8 Å². The van der Waals surface area contributed by atoms with Gasteiger partial charge in [0.15, 0.2) is 0 Å².